The monoisotopic (exact) mass is 198 g/mol. The Balaban J connectivity index is 2.41. The number of ether oxygens (including phenoxy) is 1. The van der Waals surface area contributed by atoms with Crippen LogP contribution in [0.1, 0.15) is 13.8 Å². The minimum Gasteiger partial charge on any atom is -0.502 e. The third-order valence-electron chi connectivity index (χ3n) is 2.91. The fourth-order valence-corrected chi connectivity index (χ4v) is 1.74. The molecule has 0 aromatic heterocycles. The average Bonchev–Trinajstić information content (AvgIpc) is 2.18. The molecule has 1 rings (SSSR count). The number of nitrogens with zero attached hydrogens (tertiary/aromatic N) is 2. The second-order valence-corrected chi connectivity index (χ2v) is 4.06. The van der Waals surface area contributed by atoms with Crippen LogP contribution in [0, 0.1) is 0 Å². The predicted octanol–water partition coefficient (Wildman–Crippen LogP) is 1.17. The van der Waals surface area contributed by atoms with Gasteiger partial charge in [0.05, 0.1) is 12.9 Å². The van der Waals surface area contributed by atoms with Crippen molar-refractivity contribution in [2.45, 2.75) is 19.9 Å². The molecule has 1 unspecified atom stereocenters. The van der Waals surface area contributed by atoms with E-state index in [1.165, 1.54) is 13.1 Å². The summed E-state index contributed by atoms with van der Waals surface area (Å²) in [6, 6.07) is 0.489. The van der Waals surface area contributed by atoms with Crippen molar-refractivity contribution in [2.75, 3.05) is 40.3 Å². The summed E-state index contributed by atoms with van der Waals surface area (Å²) in [5.74, 6) is 1.01. The molecule has 1 aliphatic heterocycles. The van der Waals surface area contributed by atoms with Crippen molar-refractivity contribution in [1.82, 2.24) is 9.80 Å². The lowest BCUT2D eigenvalue weighted by molar-refractivity contribution is 0.134. The quantitative estimate of drug-likeness (QED) is 0.633. The molecule has 1 saturated heterocycles. The van der Waals surface area contributed by atoms with Crippen LogP contribution >= 0.6 is 0 Å². The zero-order valence-corrected chi connectivity index (χ0v) is 9.79. The van der Waals surface area contributed by atoms with Crippen molar-refractivity contribution in [3.05, 3.63) is 11.8 Å². The number of hydrogen-bond acceptors (Lipinski definition) is 3. The average molecular weight is 198 g/mol. The largest absolute Gasteiger partial charge is 0.502 e. The summed E-state index contributed by atoms with van der Waals surface area (Å²) in [6.07, 6.45) is 2.19. The summed E-state index contributed by atoms with van der Waals surface area (Å²) in [6.45, 7) is 8.89. The fourth-order valence-electron chi connectivity index (χ4n) is 1.74. The lowest BCUT2D eigenvalue weighted by atomic mass is 10.2. The first-order valence-electron chi connectivity index (χ1n) is 5.28. The summed E-state index contributed by atoms with van der Waals surface area (Å²) in [5.41, 5.74) is 0. The lowest BCUT2D eigenvalue weighted by Gasteiger charge is -2.35. The smallest absolute Gasteiger partial charge is 0.0900 e. The van der Waals surface area contributed by atoms with E-state index in [9.17, 15) is 0 Å². The molecule has 0 bridgehead atoms. The van der Waals surface area contributed by atoms with Crippen LogP contribution in [0.15, 0.2) is 11.8 Å². The maximum absolute atomic E-state index is 5.16. The van der Waals surface area contributed by atoms with Crippen LogP contribution in [-0.2, 0) is 4.74 Å². The molecule has 1 fully saturated rings. The molecule has 0 amide bonds. The van der Waals surface area contributed by atoms with Crippen LogP contribution in [0.5, 0.6) is 0 Å². The Labute approximate surface area is 87.3 Å². The Hall–Kier alpha value is -0.540. The highest BCUT2D eigenvalue weighted by molar-refractivity contribution is 4.97. The van der Waals surface area contributed by atoms with Crippen LogP contribution in [0.25, 0.3) is 0 Å². The molecule has 3 nitrogen and oxygen atoms in total. The van der Waals surface area contributed by atoms with E-state index in [-0.39, 0.29) is 0 Å². The molecule has 14 heavy (non-hydrogen) atoms. The van der Waals surface area contributed by atoms with Gasteiger partial charge in [0.15, 0.2) is 0 Å². The molecule has 1 atom stereocenters. The molecule has 1 aliphatic rings. The van der Waals surface area contributed by atoms with Gasteiger partial charge in [0.1, 0.15) is 0 Å². The maximum atomic E-state index is 5.16. The third-order valence-corrected chi connectivity index (χ3v) is 2.91. The Bertz CT molecular complexity index is 195. The molecule has 0 N–H and O–H groups in total. The molecule has 0 saturated carbocycles. The van der Waals surface area contributed by atoms with E-state index in [1.54, 1.807) is 7.11 Å². The number of hydrogen-bond donors (Lipinski definition) is 0. The van der Waals surface area contributed by atoms with Gasteiger partial charge in [0.25, 0.3) is 0 Å². The van der Waals surface area contributed by atoms with E-state index in [1.807, 2.05) is 6.92 Å². The van der Waals surface area contributed by atoms with Crippen LogP contribution in [0.3, 0.4) is 0 Å². The molecule has 0 aromatic carbocycles. The first-order chi connectivity index (χ1) is 6.63. The van der Waals surface area contributed by atoms with Crippen molar-refractivity contribution in [2.24, 2.45) is 0 Å². The van der Waals surface area contributed by atoms with Crippen LogP contribution in [0.4, 0.5) is 0 Å². The van der Waals surface area contributed by atoms with Crippen LogP contribution in [-0.4, -0.2) is 56.2 Å². The van der Waals surface area contributed by atoms with Gasteiger partial charge in [-0.3, -0.25) is 4.90 Å². The molecule has 82 valence electrons. The zero-order valence-electron chi connectivity index (χ0n) is 9.79. The van der Waals surface area contributed by atoms with E-state index in [2.05, 4.69) is 29.8 Å². The lowest BCUT2D eigenvalue weighted by Crippen LogP contribution is -2.47. The van der Waals surface area contributed by atoms with E-state index in [4.69, 9.17) is 4.74 Å². The number of rotatable bonds is 3. The number of likely N-dealkylation sites (N-methyl/N-ethyl adjacent to an activating group) is 1. The molecule has 0 aromatic rings. The molecule has 0 radical (unpaired) electrons. The Morgan fingerprint density at radius 3 is 2.36 bits per heavy atom. The van der Waals surface area contributed by atoms with Gasteiger partial charge < -0.3 is 9.64 Å². The maximum Gasteiger partial charge on any atom is 0.0900 e. The second-order valence-electron chi connectivity index (χ2n) is 4.06. The van der Waals surface area contributed by atoms with Gasteiger partial charge in [-0.2, -0.15) is 0 Å². The summed E-state index contributed by atoms with van der Waals surface area (Å²) < 4.78 is 5.16. The Morgan fingerprint density at radius 1 is 1.29 bits per heavy atom. The van der Waals surface area contributed by atoms with Gasteiger partial charge in [-0.1, -0.05) is 0 Å². The van der Waals surface area contributed by atoms with E-state index < -0.39 is 0 Å². The molecule has 0 spiro atoms. The zero-order chi connectivity index (χ0) is 10.6. The normalized spacial score (nSPS) is 23.6. The molecule has 3 heteroatoms. The van der Waals surface area contributed by atoms with Crippen LogP contribution < -0.4 is 0 Å². The molecular formula is C11H22N2O. The van der Waals surface area contributed by atoms with Gasteiger partial charge in [0.2, 0.25) is 0 Å². The van der Waals surface area contributed by atoms with Crippen molar-refractivity contribution in [3.63, 3.8) is 0 Å². The van der Waals surface area contributed by atoms with Crippen molar-refractivity contribution in [1.29, 1.82) is 0 Å². The summed E-state index contributed by atoms with van der Waals surface area (Å²) in [4.78, 5) is 4.86. The van der Waals surface area contributed by atoms with Gasteiger partial charge in [-0.15, -0.1) is 0 Å². The van der Waals surface area contributed by atoms with E-state index >= 15 is 0 Å². The minimum atomic E-state index is 0.489. The highest BCUT2D eigenvalue weighted by atomic mass is 16.5. The fraction of sp³-hybridized carbons (Fsp3) is 0.818. The van der Waals surface area contributed by atoms with Crippen molar-refractivity contribution < 1.29 is 4.74 Å². The SMILES string of the molecule is CO/C(C)=C/C(C)N1CCN(C)CC1. The van der Waals surface area contributed by atoms with Crippen molar-refractivity contribution in [3.8, 4) is 0 Å². The second kappa shape index (κ2) is 5.37. The Morgan fingerprint density at radius 2 is 1.86 bits per heavy atom. The number of allylic oxidation sites excluding steroid dienone is 1. The predicted molar refractivity (Wildman–Crippen MR) is 59.3 cm³/mol. The third kappa shape index (κ3) is 3.31. The minimum absolute atomic E-state index is 0.489. The topological polar surface area (TPSA) is 15.7 Å². The van der Waals surface area contributed by atoms with Gasteiger partial charge in [-0.25, -0.2) is 0 Å². The number of methoxy groups -OCH3 is 1. The molecular weight excluding hydrogens is 176 g/mol. The van der Waals surface area contributed by atoms with E-state index in [0.29, 0.717) is 6.04 Å². The summed E-state index contributed by atoms with van der Waals surface area (Å²) >= 11 is 0. The van der Waals surface area contributed by atoms with E-state index in [0.717, 1.165) is 18.8 Å². The molecule has 1 heterocycles. The highest BCUT2D eigenvalue weighted by Gasteiger charge is 2.17. The standard InChI is InChI=1S/C11H22N2O/c1-10(9-11(2)14-4)13-7-5-12(3)6-8-13/h9-10H,5-8H2,1-4H3/b11-9+. The van der Waals surface area contributed by atoms with Gasteiger partial charge in [-0.05, 0) is 27.0 Å². The highest BCUT2D eigenvalue weighted by Crippen LogP contribution is 2.08. The first-order valence-corrected chi connectivity index (χ1v) is 5.28. The first kappa shape index (κ1) is 11.5. The van der Waals surface area contributed by atoms with Gasteiger partial charge >= 0.3 is 0 Å². The summed E-state index contributed by atoms with van der Waals surface area (Å²) in [5, 5.41) is 0. The van der Waals surface area contributed by atoms with Crippen LogP contribution in [0.2, 0.25) is 0 Å². The van der Waals surface area contributed by atoms with Gasteiger partial charge in [0, 0.05) is 32.2 Å². The van der Waals surface area contributed by atoms with Crippen molar-refractivity contribution >= 4 is 0 Å². The number of piperazine rings is 1. The summed E-state index contributed by atoms with van der Waals surface area (Å²) in [7, 11) is 3.90. The Kier molecular flexibility index (Phi) is 4.42. The molecule has 0 aliphatic carbocycles.